The summed E-state index contributed by atoms with van der Waals surface area (Å²) in [6.07, 6.45) is 6.19. The second kappa shape index (κ2) is 23.1. The van der Waals surface area contributed by atoms with E-state index in [0.29, 0.717) is 59.1 Å². The molecular weight excluding hydrogens is 440 g/mol. The van der Waals surface area contributed by atoms with E-state index in [2.05, 4.69) is 0 Å². The maximum absolute atomic E-state index is 12.0. The lowest BCUT2D eigenvalue weighted by Gasteiger charge is -2.27. The van der Waals surface area contributed by atoms with E-state index < -0.39 is 0 Å². The Hall–Kier alpha value is -1.71. The first kappa shape index (κ1) is 32.3. The van der Waals surface area contributed by atoms with Gasteiger partial charge in [0.2, 0.25) is 0 Å². The van der Waals surface area contributed by atoms with Gasteiger partial charge in [-0.3, -0.25) is 19.3 Å². The van der Waals surface area contributed by atoms with Crippen molar-refractivity contribution in [1.82, 2.24) is 9.80 Å². The van der Waals surface area contributed by atoms with Crippen LogP contribution in [0.15, 0.2) is 0 Å². The van der Waals surface area contributed by atoms with Crippen LogP contribution in [-0.4, -0.2) is 98.5 Å². The molecule has 0 saturated heterocycles. The Balaban J connectivity index is 4.67. The van der Waals surface area contributed by atoms with E-state index in [-0.39, 0.29) is 43.8 Å². The minimum Gasteiger partial charge on any atom is -0.466 e. The molecule has 0 saturated carbocycles. The number of nitrogens with zero attached hydrogens (tertiary/aromatic N) is 2. The third kappa shape index (κ3) is 19.7. The molecule has 0 unspecified atom stereocenters. The number of carbonyl (C=O) groups is 3. The molecule has 0 aromatic carbocycles. The molecule has 0 heterocycles. The van der Waals surface area contributed by atoms with E-state index in [1.807, 2.05) is 30.6 Å². The van der Waals surface area contributed by atoms with E-state index in [1.54, 1.807) is 0 Å². The summed E-state index contributed by atoms with van der Waals surface area (Å²) in [4.78, 5) is 40.0. The van der Waals surface area contributed by atoms with Crippen molar-refractivity contribution in [1.29, 1.82) is 0 Å². The van der Waals surface area contributed by atoms with Crippen molar-refractivity contribution in [2.45, 2.75) is 78.6 Å². The van der Waals surface area contributed by atoms with Gasteiger partial charge in [0, 0.05) is 39.3 Å². The summed E-state index contributed by atoms with van der Waals surface area (Å²) in [6, 6.07) is 0. The monoisotopic (exact) mass is 488 g/mol. The van der Waals surface area contributed by atoms with Crippen molar-refractivity contribution in [2.75, 3.05) is 65.7 Å². The zero-order valence-corrected chi connectivity index (χ0v) is 21.7. The molecule has 0 amide bonds. The molecule has 0 aliphatic carbocycles. The van der Waals surface area contributed by atoms with Crippen LogP contribution in [0.1, 0.15) is 78.6 Å². The molecule has 9 nitrogen and oxygen atoms in total. The molecule has 200 valence electrons. The number of aliphatic hydroxyl groups is 1. The number of unbranched alkanes of at least 4 members (excludes halogenated alkanes) is 3. The standard InChI is InChI=1S/C25H48N2O7/c1-4-7-20-32-23(29)10-13-26(14-11-24(30)33-21-8-5-2)16-17-27(18-19-28)15-12-25(31)34-22-9-6-3/h28H,4-22H2,1-3H3. The molecule has 0 aromatic rings. The molecule has 0 atom stereocenters. The third-order valence-electron chi connectivity index (χ3n) is 5.33. The highest BCUT2D eigenvalue weighted by Gasteiger charge is 2.15. The van der Waals surface area contributed by atoms with Gasteiger partial charge in [-0.05, 0) is 19.3 Å². The van der Waals surface area contributed by atoms with Crippen LogP contribution in [-0.2, 0) is 28.6 Å². The highest BCUT2D eigenvalue weighted by molar-refractivity contribution is 5.70. The Bertz CT molecular complexity index is 505. The number of esters is 3. The van der Waals surface area contributed by atoms with Gasteiger partial charge in [-0.15, -0.1) is 0 Å². The van der Waals surface area contributed by atoms with Crippen molar-refractivity contribution < 1.29 is 33.7 Å². The fourth-order valence-electron chi connectivity index (χ4n) is 3.05. The number of rotatable bonds is 23. The number of hydrogen-bond acceptors (Lipinski definition) is 9. The van der Waals surface area contributed by atoms with E-state index >= 15 is 0 Å². The van der Waals surface area contributed by atoms with Crippen LogP contribution in [0.3, 0.4) is 0 Å². The first-order valence-electron chi connectivity index (χ1n) is 13.0. The summed E-state index contributed by atoms with van der Waals surface area (Å²) in [5, 5.41) is 9.40. The summed E-state index contributed by atoms with van der Waals surface area (Å²) in [5.74, 6) is -0.727. The van der Waals surface area contributed by atoms with Crippen LogP contribution < -0.4 is 0 Å². The van der Waals surface area contributed by atoms with Crippen LogP contribution in [0.2, 0.25) is 0 Å². The van der Waals surface area contributed by atoms with Gasteiger partial charge in [0.25, 0.3) is 0 Å². The van der Waals surface area contributed by atoms with Crippen LogP contribution >= 0.6 is 0 Å². The first-order chi connectivity index (χ1) is 16.5. The molecule has 0 bridgehead atoms. The molecule has 0 radical (unpaired) electrons. The zero-order valence-electron chi connectivity index (χ0n) is 21.7. The zero-order chi connectivity index (χ0) is 25.4. The molecule has 0 aliphatic heterocycles. The van der Waals surface area contributed by atoms with Crippen LogP contribution in [0.5, 0.6) is 0 Å². The second-order valence-corrected chi connectivity index (χ2v) is 8.38. The number of aliphatic hydroxyl groups excluding tert-OH is 1. The molecule has 34 heavy (non-hydrogen) atoms. The summed E-state index contributed by atoms with van der Waals surface area (Å²) >= 11 is 0. The number of hydrogen-bond donors (Lipinski definition) is 1. The lowest BCUT2D eigenvalue weighted by atomic mass is 10.3. The molecule has 0 spiro atoms. The Kier molecular flexibility index (Phi) is 21.9. The lowest BCUT2D eigenvalue weighted by Crippen LogP contribution is -2.39. The van der Waals surface area contributed by atoms with Gasteiger partial charge in [0.15, 0.2) is 0 Å². The van der Waals surface area contributed by atoms with Crippen LogP contribution in [0.25, 0.3) is 0 Å². The van der Waals surface area contributed by atoms with Gasteiger partial charge >= 0.3 is 17.9 Å². The Morgan fingerprint density at radius 2 is 0.882 bits per heavy atom. The van der Waals surface area contributed by atoms with Crippen LogP contribution in [0, 0.1) is 0 Å². The summed E-state index contributed by atoms with van der Waals surface area (Å²) in [5.41, 5.74) is 0. The van der Waals surface area contributed by atoms with E-state index in [1.165, 1.54) is 0 Å². The SMILES string of the molecule is CCCCOC(=O)CCN(CCO)CCN(CCC(=O)OCCCC)CCC(=O)OCCCC. The summed E-state index contributed by atoms with van der Waals surface area (Å²) in [7, 11) is 0. The minimum atomic E-state index is -0.244. The van der Waals surface area contributed by atoms with Crippen molar-refractivity contribution in [2.24, 2.45) is 0 Å². The number of carbonyl (C=O) groups excluding carboxylic acids is 3. The Morgan fingerprint density at radius 3 is 1.18 bits per heavy atom. The van der Waals surface area contributed by atoms with E-state index in [9.17, 15) is 19.5 Å². The molecule has 0 aromatic heterocycles. The van der Waals surface area contributed by atoms with Crippen molar-refractivity contribution in [3.63, 3.8) is 0 Å². The average Bonchev–Trinajstić information content (AvgIpc) is 2.82. The minimum absolute atomic E-state index is 0.0155. The van der Waals surface area contributed by atoms with Crippen molar-refractivity contribution >= 4 is 17.9 Å². The predicted octanol–water partition coefficient (Wildman–Crippen LogP) is 2.78. The van der Waals surface area contributed by atoms with Crippen LogP contribution in [0.4, 0.5) is 0 Å². The Morgan fingerprint density at radius 1 is 0.559 bits per heavy atom. The predicted molar refractivity (Wildman–Crippen MR) is 131 cm³/mol. The first-order valence-corrected chi connectivity index (χ1v) is 13.0. The molecule has 1 N–H and O–H groups in total. The molecule has 0 rings (SSSR count). The summed E-state index contributed by atoms with van der Waals surface area (Å²) < 4.78 is 15.7. The quantitative estimate of drug-likeness (QED) is 0.132. The molecule has 9 heteroatoms. The third-order valence-corrected chi connectivity index (χ3v) is 5.33. The Labute approximate surface area is 206 Å². The fourth-order valence-corrected chi connectivity index (χ4v) is 3.05. The normalized spacial score (nSPS) is 11.1. The topological polar surface area (TPSA) is 106 Å². The largest absolute Gasteiger partial charge is 0.466 e. The maximum atomic E-state index is 12.0. The van der Waals surface area contributed by atoms with Crippen molar-refractivity contribution in [3.05, 3.63) is 0 Å². The highest BCUT2D eigenvalue weighted by Crippen LogP contribution is 2.03. The molecule has 0 aliphatic rings. The molecular formula is C25H48N2O7. The average molecular weight is 489 g/mol. The van der Waals surface area contributed by atoms with Gasteiger partial charge in [0.05, 0.1) is 45.7 Å². The molecule has 0 fully saturated rings. The van der Waals surface area contributed by atoms with Gasteiger partial charge < -0.3 is 24.2 Å². The van der Waals surface area contributed by atoms with Gasteiger partial charge in [-0.1, -0.05) is 40.0 Å². The van der Waals surface area contributed by atoms with Gasteiger partial charge in [-0.2, -0.15) is 0 Å². The maximum Gasteiger partial charge on any atom is 0.307 e. The van der Waals surface area contributed by atoms with Gasteiger partial charge in [0.1, 0.15) is 0 Å². The number of ether oxygens (including phenoxy) is 3. The van der Waals surface area contributed by atoms with E-state index in [4.69, 9.17) is 14.2 Å². The summed E-state index contributed by atoms with van der Waals surface area (Å²) in [6.45, 7) is 10.5. The second-order valence-electron chi connectivity index (χ2n) is 8.38. The lowest BCUT2D eigenvalue weighted by molar-refractivity contribution is -0.145. The van der Waals surface area contributed by atoms with Gasteiger partial charge in [-0.25, -0.2) is 0 Å². The smallest absolute Gasteiger partial charge is 0.307 e. The van der Waals surface area contributed by atoms with E-state index in [0.717, 1.165) is 38.5 Å². The highest BCUT2D eigenvalue weighted by atomic mass is 16.5. The van der Waals surface area contributed by atoms with Crippen molar-refractivity contribution in [3.8, 4) is 0 Å². The fraction of sp³-hybridized carbons (Fsp3) is 0.880.